The lowest BCUT2D eigenvalue weighted by Crippen LogP contribution is -2.31. The lowest BCUT2D eigenvalue weighted by atomic mass is 9.91. The van der Waals surface area contributed by atoms with Crippen LogP contribution in [0, 0.1) is 0 Å². The van der Waals surface area contributed by atoms with Crippen LogP contribution >= 0.6 is 11.3 Å². The molecule has 1 heterocycles. The van der Waals surface area contributed by atoms with E-state index in [2.05, 4.69) is 5.16 Å². The standard InChI is InChI=1S/C32H28N2O6S/c1-39-33-30(22-7-3-2-4-8-22)23-13-16-27-29(20-23)41-32(38)34(27)17-18-40-24-14-11-21(12-15-24)19-26(31(36)37)25-9-5-6-10-28(25)35/h2-16,20,26,35H,17-19H2,1H3,(H,36,37)/p-1/b33-30+. The van der Waals surface area contributed by atoms with Crippen molar-refractivity contribution in [2.24, 2.45) is 5.16 Å². The molecule has 1 N–H and O–H groups in total. The van der Waals surface area contributed by atoms with Gasteiger partial charge in [-0.15, -0.1) is 0 Å². The summed E-state index contributed by atoms with van der Waals surface area (Å²) in [5, 5.41) is 26.0. The molecule has 0 saturated carbocycles. The van der Waals surface area contributed by atoms with E-state index in [9.17, 15) is 19.8 Å². The van der Waals surface area contributed by atoms with Gasteiger partial charge in [-0.2, -0.15) is 0 Å². The first-order chi connectivity index (χ1) is 19.9. The summed E-state index contributed by atoms with van der Waals surface area (Å²) in [5.74, 6) is -1.71. The Bertz CT molecular complexity index is 1740. The fourth-order valence-corrected chi connectivity index (χ4v) is 5.66. The van der Waals surface area contributed by atoms with E-state index in [0.29, 0.717) is 23.6 Å². The summed E-state index contributed by atoms with van der Waals surface area (Å²) in [6, 6.07) is 28.9. The molecule has 0 radical (unpaired) electrons. The number of aromatic hydroxyl groups is 1. The summed E-state index contributed by atoms with van der Waals surface area (Å²) in [5.41, 5.74) is 4.32. The third kappa shape index (κ3) is 6.31. The molecular weight excluding hydrogens is 540 g/mol. The summed E-state index contributed by atoms with van der Waals surface area (Å²) < 4.78 is 8.41. The van der Waals surface area contributed by atoms with Gasteiger partial charge in [-0.1, -0.05) is 83.2 Å². The Balaban J connectivity index is 1.25. The average Bonchev–Trinajstić information content (AvgIpc) is 3.30. The Hall–Kier alpha value is -4.89. The molecule has 1 unspecified atom stereocenters. The molecule has 0 aliphatic carbocycles. The second kappa shape index (κ2) is 12.5. The quantitative estimate of drug-likeness (QED) is 0.188. The number of fused-ring (bicyclic) bond motifs is 1. The molecule has 5 aromatic rings. The van der Waals surface area contributed by atoms with Crippen molar-refractivity contribution in [3.63, 3.8) is 0 Å². The second-order valence-electron chi connectivity index (χ2n) is 9.32. The summed E-state index contributed by atoms with van der Waals surface area (Å²) in [7, 11) is 1.50. The second-order valence-corrected chi connectivity index (χ2v) is 10.3. The van der Waals surface area contributed by atoms with Crippen molar-refractivity contribution in [2.75, 3.05) is 13.7 Å². The van der Waals surface area contributed by atoms with Gasteiger partial charge in [0.1, 0.15) is 30.9 Å². The van der Waals surface area contributed by atoms with Gasteiger partial charge in [-0.05, 0) is 42.3 Å². The predicted octanol–water partition coefficient (Wildman–Crippen LogP) is 4.32. The smallest absolute Gasteiger partial charge is 0.308 e. The third-order valence-electron chi connectivity index (χ3n) is 6.71. The van der Waals surface area contributed by atoms with Crippen LogP contribution in [0.1, 0.15) is 28.2 Å². The van der Waals surface area contributed by atoms with E-state index in [-0.39, 0.29) is 23.7 Å². The largest absolute Gasteiger partial charge is 0.549 e. The number of nitrogens with zero attached hydrogens (tertiary/aromatic N) is 2. The fraction of sp³-hybridized carbons (Fsp3) is 0.156. The van der Waals surface area contributed by atoms with E-state index < -0.39 is 11.9 Å². The zero-order valence-electron chi connectivity index (χ0n) is 22.2. The van der Waals surface area contributed by atoms with E-state index in [0.717, 1.165) is 38.2 Å². The van der Waals surface area contributed by atoms with Crippen molar-refractivity contribution in [1.82, 2.24) is 4.57 Å². The first-order valence-corrected chi connectivity index (χ1v) is 13.8. The zero-order chi connectivity index (χ0) is 28.8. The normalized spacial score (nSPS) is 12.3. The molecule has 0 fully saturated rings. The lowest BCUT2D eigenvalue weighted by molar-refractivity contribution is -0.308. The molecule has 9 heteroatoms. The number of rotatable bonds is 11. The fourth-order valence-electron chi connectivity index (χ4n) is 4.70. The van der Waals surface area contributed by atoms with Crippen molar-refractivity contribution < 1.29 is 24.6 Å². The number of carbonyl (C=O) groups is 1. The van der Waals surface area contributed by atoms with Crippen LogP contribution in [-0.2, 0) is 22.6 Å². The first kappa shape index (κ1) is 27.7. The monoisotopic (exact) mass is 567 g/mol. The van der Waals surface area contributed by atoms with Gasteiger partial charge in [0.15, 0.2) is 0 Å². The molecule has 0 spiro atoms. The van der Waals surface area contributed by atoms with E-state index in [1.807, 2.05) is 48.5 Å². The summed E-state index contributed by atoms with van der Waals surface area (Å²) in [4.78, 5) is 29.6. The molecule has 41 heavy (non-hydrogen) atoms. The van der Waals surface area contributed by atoms with Crippen molar-refractivity contribution in [3.8, 4) is 11.5 Å². The Labute approximate surface area is 240 Å². The highest BCUT2D eigenvalue weighted by Crippen LogP contribution is 2.29. The molecule has 0 bridgehead atoms. The topological polar surface area (TPSA) is 113 Å². The molecule has 0 amide bonds. The van der Waals surface area contributed by atoms with Gasteiger partial charge in [0.25, 0.3) is 0 Å². The van der Waals surface area contributed by atoms with Crippen LogP contribution in [0.4, 0.5) is 0 Å². The molecule has 0 saturated heterocycles. The van der Waals surface area contributed by atoms with Crippen LogP contribution < -0.4 is 14.7 Å². The third-order valence-corrected chi connectivity index (χ3v) is 7.66. The van der Waals surface area contributed by atoms with E-state index in [4.69, 9.17) is 9.57 Å². The zero-order valence-corrected chi connectivity index (χ0v) is 23.0. The summed E-state index contributed by atoms with van der Waals surface area (Å²) >= 11 is 1.16. The van der Waals surface area contributed by atoms with Crippen LogP contribution in [0.25, 0.3) is 10.2 Å². The molecule has 0 aliphatic rings. The number of aromatic nitrogens is 1. The number of para-hydroxylation sites is 1. The van der Waals surface area contributed by atoms with Crippen molar-refractivity contribution in [2.45, 2.75) is 18.9 Å². The Morgan fingerprint density at radius 1 is 0.976 bits per heavy atom. The van der Waals surface area contributed by atoms with E-state index in [1.54, 1.807) is 47.0 Å². The van der Waals surface area contributed by atoms with Crippen molar-refractivity contribution >= 4 is 33.2 Å². The number of phenolic OH excluding ortho intramolecular Hbond substituents is 1. The minimum absolute atomic E-state index is 0.0752. The van der Waals surface area contributed by atoms with Crippen LogP contribution in [0.5, 0.6) is 11.5 Å². The van der Waals surface area contributed by atoms with Crippen LogP contribution in [-0.4, -0.2) is 35.1 Å². The van der Waals surface area contributed by atoms with Gasteiger partial charge >= 0.3 is 4.87 Å². The highest BCUT2D eigenvalue weighted by Gasteiger charge is 2.17. The molecular formula is C32H27N2O6S-. The number of ether oxygens (including phenoxy) is 1. The molecule has 5 rings (SSSR count). The number of benzene rings is 4. The minimum atomic E-state index is -1.25. The Morgan fingerprint density at radius 2 is 1.71 bits per heavy atom. The van der Waals surface area contributed by atoms with Gasteiger partial charge in [-0.25, -0.2) is 0 Å². The van der Waals surface area contributed by atoms with E-state index in [1.165, 1.54) is 13.2 Å². The van der Waals surface area contributed by atoms with E-state index >= 15 is 0 Å². The van der Waals surface area contributed by atoms with Crippen LogP contribution in [0.3, 0.4) is 0 Å². The summed E-state index contributed by atoms with van der Waals surface area (Å²) in [6.45, 7) is 0.629. The lowest BCUT2D eigenvalue weighted by Gasteiger charge is -2.20. The highest BCUT2D eigenvalue weighted by atomic mass is 32.1. The van der Waals surface area contributed by atoms with Crippen molar-refractivity contribution in [1.29, 1.82) is 0 Å². The number of carbonyl (C=O) groups excluding carboxylic acids is 1. The van der Waals surface area contributed by atoms with Gasteiger partial charge < -0.3 is 24.6 Å². The van der Waals surface area contributed by atoms with Crippen LogP contribution in [0.15, 0.2) is 107 Å². The Morgan fingerprint density at radius 3 is 2.41 bits per heavy atom. The maximum absolute atomic E-state index is 12.8. The molecule has 0 aliphatic heterocycles. The number of hydrogen-bond donors (Lipinski definition) is 1. The average molecular weight is 568 g/mol. The van der Waals surface area contributed by atoms with Gasteiger partial charge in [0.05, 0.1) is 16.8 Å². The van der Waals surface area contributed by atoms with Gasteiger partial charge in [0, 0.05) is 28.6 Å². The Kier molecular flexibility index (Phi) is 8.45. The number of thiazole rings is 1. The molecule has 1 atom stereocenters. The van der Waals surface area contributed by atoms with Gasteiger partial charge in [0.2, 0.25) is 0 Å². The number of hydrogen-bond acceptors (Lipinski definition) is 8. The van der Waals surface area contributed by atoms with Crippen molar-refractivity contribution in [3.05, 3.63) is 129 Å². The maximum Gasteiger partial charge on any atom is 0.308 e. The predicted molar refractivity (Wildman–Crippen MR) is 157 cm³/mol. The molecule has 8 nitrogen and oxygen atoms in total. The number of aliphatic carboxylic acids is 1. The molecule has 208 valence electrons. The highest BCUT2D eigenvalue weighted by molar-refractivity contribution is 7.16. The minimum Gasteiger partial charge on any atom is -0.549 e. The molecule has 4 aromatic carbocycles. The molecule has 1 aromatic heterocycles. The first-order valence-electron chi connectivity index (χ1n) is 13.0. The van der Waals surface area contributed by atoms with Gasteiger partial charge in [-0.3, -0.25) is 9.36 Å². The number of oxime groups is 1. The summed E-state index contributed by atoms with van der Waals surface area (Å²) in [6.07, 6.45) is 0.166. The maximum atomic E-state index is 12.8. The number of carboxylic acids is 1. The van der Waals surface area contributed by atoms with Crippen LogP contribution in [0.2, 0.25) is 0 Å². The number of phenols is 1. The number of carboxylic acid groups (broad SMARTS) is 1. The SMILES string of the molecule is CO/N=C(\c1ccccc1)c1ccc2c(c1)sc(=O)n2CCOc1ccc(CC(C(=O)[O-])c2ccccc2O)cc1.